The van der Waals surface area contributed by atoms with Crippen molar-refractivity contribution in [1.82, 2.24) is 15.2 Å². The van der Waals surface area contributed by atoms with Crippen LogP contribution in [-0.4, -0.2) is 54.7 Å². The molecule has 0 saturated carbocycles. The summed E-state index contributed by atoms with van der Waals surface area (Å²) in [7, 11) is 0. The van der Waals surface area contributed by atoms with Crippen molar-refractivity contribution in [3.63, 3.8) is 0 Å². The van der Waals surface area contributed by atoms with Gasteiger partial charge in [0, 0.05) is 6.54 Å². The highest BCUT2D eigenvalue weighted by Gasteiger charge is 2.22. The van der Waals surface area contributed by atoms with Crippen LogP contribution in [0.15, 0.2) is 72.9 Å². The van der Waals surface area contributed by atoms with Crippen molar-refractivity contribution in [3.8, 4) is 11.8 Å². The molecule has 4 rings (SSSR count). The van der Waals surface area contributed by atoms with Crippen molar-refractivity contribution < 1.29 is 19.1 Å². The molecular formula is C27H27N5O4. The molecule has 0 bridgehead atoms. The van der Waals surface area contributed by atoms with Crippen molar-refractivity contribution >= 4 is 17.8 Å². The summed E-state index contributed by atoms with van der Waals surface area (Å²) in [6.07, 6.45) is 1.92. The fourth-order valence-corrected chi connectivity index (χ4v) is 3.75. The predicted molar refractivity (Wildman–Crippen MR) is 133 cm³/mol. The van der Waals surface area contributed by atoms with Gasteiger partial charge in [-0.05, 0) is 41.8 Å². The van der Waals surface area contributed by atoms with Crippen molar-refractivity contribution in [1.29, 1.82) is 5.26 Å². The van der Waals surface area contributed by atoms with Crippen LogP contribution >= 0.6 is 0 Å². The van der Waals surface area contributed by atoms with Crippen LogP contribution < -0.4 is 15.4 Å². The predicted octanol–water partition coefficient (Wildman–Crippen LogP) is 3.30. The SMILES string of the molecule is N#Cc1ccc(CCN[C@@H](C(=O)Nc2ccc(OCCN3CCOC3=O)cn2)c2ccccc2)cc1. The lowest BCUT2D eigenvalue weighted by Gasteiger charge is -2.19. The maximum absolute atomic E-state index is 13.1. The van der Waals surface area contributed by atoms with Gasteiger partial charge in [0.2, 0.25) is 5.91 Å². The van der Waals surface area contributed by atoms with E-state index in [4.69, 9.17) is 14.7 Å². The molecule has 0 aliphatic carbocycles. The number of nitrogens with zero attached hydrogens (tertiary/aromatic N) is 3. The molecule has 2 N–H and O–H groups in total. The van der Waals surface area contributed by atoms with E-state index in [2.05, 4.69) is 21.7 Å². The molecule has 2 heterocycles. The van der Waals surface area contributed by atoms with Gasteiger partial charge in [-0.15, -0.1) is 0 Å². The Hall–Kier alpha value is -4.42. The molecule has 1 aliphatic heterocycles. The second-order valence-corrected chi connectivity index (χ2v) is 8.17. The number of aromatic nitrogens is 1. The highest BCUT2D eigenvalue weighted by Crippen LogP contribution is 2.17. The van der Waals surface area contributed by atoms with E-state index in [1.807, 2.05) is 42.5 Å². The zero-order valence-corrected chi connectivity index (χ0v) is 19.7. The Balaban J connectivity index is 1.31. The quantitative estimate of drug-likeness (QED) is 0.428. The Morgan fingerprint density at radius 3 is 2.61 bits per heavy atom. The van der Waals surface area contributed by atoms with Crippen molar-refractivity contribution in [3.05, 3.63) is 89.6 Å². The molecule has 3 aromatic rings. The topological polar surface area (TPSA) is 117 Å². The van der Waals surface area contributed by atoms with E-state index in [9.17, 15) is 9.59 Å². The molecule has 2 aromatic carbocycles. The molecule has 0 spiro atoms. The van der Waals surface area contributed by atoms with E-state index in [-0.39, 0.29) is 12.0 Å². The number of benzene rings is 2. The van der Waals surface area contributed by atoms with Gasteiger partial charge < -0.3 is 25.0 Å². The summed E-state index contributed by atoms with van der Waals surface area (Å²) in [5.74, 6) is 0.723. The number of nitriles is 1. The standard InChI is InChI=1S/C27H27N5O4/c28-18-21-8-6-20(7-9-21)12-13-29-25(22-4-2-1-3-5-22)26(33)31-24-11-10-23(19-30-24)35-16-14-32-15-17-36-27(32)34/h1-11,19,25,29H,12-17H2,(H,30,31,33)/t25-/m1/s1. The highest BCUT2D eigenvalue weighted by molar-refractivity contribution is 5.94. The average Bonchev–Trinajstić information content (AvgIpc) is 3.33. The number of amides is 2. The number of carbonyl (C=O) groups is 2. The summed E-state index contributed by atoms with van der Waals surface area (Å²) >= 11 is 0. The zero-order chi connectivity index (χ0) is 25.2. The number of pyridine rings is 1. The van der Waals surface area contributed by atoms with Gasteiger partial charge in [0.15, 0.2) is 0 Å². The van der Waals surface area contributed by atoms with Crippen molar-refractivity contribution in [2.24, 2.45) is 0 Å². The number of hydrogen-bond acceptors (Lipinski definition) is 7. The van der Waals surface area contributed by atoms with E-state index in [1.165, 1.54) is 6.20 Å². The average molecular weight is 486 g/mol. The van der Waals surface area contributed by atoms with E-state index in [0.717, 1.165) is 11.1 Å². The van der Waals surface area contributed by atoms with Crippen LogP contribution in [-0.2, 0) is 16.0 Å². The Labute approximate surface area is 209 Å². The number of ether oxygens (including phenoxy) is 2. The van der Waals surface area contributed by atoms with Gasteiger partial charge in [-0.2, -0.15) is 5.26 Å². The first-order valence-electron chi connectivity index (χ1n) is 11.7. The minimum Gasteiger partial charge on any atom is -0.490 e. The monoisotopic (exact) mass is 485 g/mol. The van der Waals surface area contributed by atoms with Gasteiger partial charge >= 0.3 is 6.09 Å². The molecule has 1 atom stereocenters. The minimum atomic E-state index is -0.567. The van der Waals surface area contributed by atoms with Gasteiger partial charge in [0.05, 0.1) is 30.9 Å². The summed E-state index contributed by atoms with van der Waals surface area (Å²) in [6.45, 7) is 2.30. The molecule has 36 heavy (non-hydrogen) atoms. The summed E-state index contributed by atoms with van der Waals surface area (Å²) < 4.78 is 10.5. The largest absolute Gasteiger partial charge is 0.490 e. The zero-order valence-electron chi connectivity index (χ0n) is 19.7. The Bertz CT molecular complexity index is 1190. The van der Waals surface area contributed by atoms with Gasteiger partial charge in [-0.1, -0.05) is 42.5 Å². The molecule has 184 valence electrons. The van der Waals surface area contributed by atoms with Crippen LogP contribution in [0.1, 0.15) is 22.7 Å². The summed E-state index contributed by atoms with van der Waals surface area (Å²) in [5.41, 5.74) is 2.54. The van der Waals surface area contributed by atoms with Crippen LogP contribution in [0.2, 0.25) is 0 Å². The highest BCUT2D eigenvalue weighted by atomic mass is 16.6. The van der Waals surface area contributed by atoms with Crippen LogP contribution in [0.5, 0.6) is 5.75 Å². The van der Waals surface area contributed by atoms with Crippen LogP contribution in [0, 0.1) is 11.3 Å². The van der Waals surface area contributed by atoms with Gasteiger partial charge in [0.25, 0.3) is 0 Å². The maximum Gasteiger partial charge on any atom is 0.410 e. The lowest BCUT2D eigenvalue weighted by molar-refractivity contribution is -0.118. The van der Waals surface area contributed by atoms with Crippen LogP contribution in [0.3, 0.4) is 0 Å². The molecule has 0 unspecified atom stereocenters. The third-order valence-electron chi connectivity index (χ3n) is 5.70. The summed E-state index contributed by atoms with van der Waals surface area (Å²) in [4.78, 5) is 30.5. The van der Waals surface area contributed by atoms with Crippen LogP contribution in [0.4, 0.5) is 10.6 Å². The molecule has 1 aliphatic rings. The molecule has 9 heteroatoms. The fourth-order valence-electron chi connectivity index (χ4n) is 3.75. The van der Waals surface area contributed by atoms with Gasteiger partial charge in [-0.25, -0.2) is 9.78 Å². The van der Waals surface area contributed by atoms with E-state index in [0.29, 0.717) is 56.4 Å². The lowest BCUT2D eigenvalue weighted by Crippen LogP contribution is -2.34. The lowest BCUT2D eigenvalue weighted by atomic mass is 10.1. The first-order chi connectivity index (χ1) is 17.6. The number of hydrogen-bond donors (Lipinski definition) is 2. The van der Waals surface area contributed by atoms with Crippen molar-refractivity contribution in [2.75, 3.05) is 38.2 Å². The normalized spacial score (nSPS) is 13.5. The third-order valence-corrected chi connectivity index (χ3v) is 5.70. The van der Waals surface area contributed by atoms with E-state index < -0.39 is 6.04 Å². The smallest absolute Gasteiger partial charge is 0.410 e. The molecule has 1 saturated heterocycles. The molecule has 1 aromatic heterocycles. The third kappa shape index (κ3) is 6.81. The second kappa shape index (κ2) is 12.3. The van der Waals surface area contributed by atoms with Gasteiger partial charge in [0.1, 0.15) is 30.8 Å². The first-order valence-corrected chi connectivity index (χ1v) is 11.7. The summed E-state index contributed by atoms with van der Waals surface area (Å²) in [6, 6.07) is 21.9. The number of rotatable bonds is 11. The Morgan fingerprint density at radius 1 is 1.14 bits per heavy atom. The Kier molecular flexibility index (Phi) is 8.46. The number of cyclic esters (lactones) is 1. The first kappa shape index (κ1) is 24.7. The minimum absolute atomic E-state index is 0.227. The molecular weight excluding hydrogens is 458 g/mol. The van der Waals surface area contributed by atoms with Gasteiger partial charge in [-0.3, -0.25) is 4.79 Å². The van der Waals surface area contributed by atoms with E-state index >= 15 is 0 Å². The molecule has 1 fully saturated rings. The number of anilines is 1. The van der Waals surface area contributed by atoms with Crippen LogP contribution in [0.25, 0.3) is 0 Å². The maximum atomic E-state index is 13.1. The Morgan fingerprint density at radius 2 is 1.94 bits per heavy atom. The molecule has 2 amide bonds. The molecule has 0 radical (unpaired) electrons. The molecule has 9 nitrogen and oxygen atoms in total. The fraction of sp³-hybridized carbons (Fsp3) is 0.259. The number of nitrogens with one attached hydrogen (secondary N) is 2. The van der Waals surface area contributed by atoms with Crippen molar-refractivity contribution in [2.45, 2.75) is 12.5 Å². The number of carbonyl (C=O) groups excluding carboxylic acids is 2. The second-order valence-electron chi connectivity index (χ2n) is 8.17. The van der Waals surface area contributed by atoms with E-state index in [1.54, 1.807) is 29.2 Å². The summed E-state index contributed by atoms with van der Waals surface area (Å²) in [5, 5.41) is 15.1.